The molecule has 0 saturated heterocycles. The number of carbonyl (C=O) groups excluding carboxylic acids is 1. The summed E-state index contributed by atoms with van der Waals surface area (Å²) in [6.45, 7) is 3.47. The minimum absolute atomic E-state index is 0.141. The molecule has 4 nitrogen and oxygen atoms in total. The fourth-order valence-electron chi connectivity index (χ4n) is 1.27. The van der Waals surface area contributed by atoms with Crippen LogP contribution in [0.2, 0.25) is 0 Å². The van der Waals surface area contributed by atoms with E-state index in [1.54, 1.807) is 13.8 Å². The van der Waals surface area contributed by atoms with Gasteiger partial charge in [-0.05, 0) is 26.0 Å². The Hall–Kier alpha value is -1.91. The lowest BCUT2D eigenvalue weighted by Crippen LogP contribution is -2.31. The smallest absolute Gasteiger partial charge is 0.339 e. The molecular weight excluding hydrogens is 213 g/mol. The molecule has 0 bridgehead atoms. The number of hydrogen-bond acceptors (Lipinski definition) is 2. The van der Waals surface area contributed by atoms with Crippen LogP contribution in [0.15, 0.2) is 18.2 Å². The van der Waals surface area contributed by atoms with Crippen LogP contribution in [0.5, 0.6) is 0 Å². The Morgan fingerprint density at radius 2 is 2.00 bits per heavy atom. The molecule has 0 heterocycles. The number of carbonyl (C=O) groups is 2. The van der Waals surface area contributed by atoms with Gasteiger partial charge >= 0.3 is 5.97 Å². The third kappa shape index (κ3) is 2.56. The molecule has 0 aliphatic heterocycles. The summed E-state index contributed by atoms with van der Waals surface area (Å²) in [5.41, 5.74) is -0.762. The first-order valence-electron chi connectivity index (χ1n) is 4.76. The lowest BCUT2D eigenvalue weighted by Gasteiger charge is -2.10. The Balaban J connectivity index is 3.18. The summed E-state index contributed by atoms with van der Waals surface area (Å²) in [4.78, 5) is 22.4. The molecule has 0 spiro atoms. The number of aromatic carboxylic acids is 1. The fourth-order valence-corrected chi connectivity index (χ4v) is 1.27. The van der Waals surface area contributed by atoms with Crippen LogP contribution < -0.4 is 5.32 Å². The third-order valence-electron chi connectivity index (χ3n) is 1.89. The van der Waals surface area contributed by atoms with Gasteiger partial charge < -0.3 is 10.4 Å². The van der Waals surface area contributed by atoms with E-state index in [1.807, 2.05) is 0 Å². The average molecular weight is 225 g/mol. The predicted octanol–water partition coefficient (Wildman–Crippen LogP) is 1.66. The zero-order valence-electron chi connectivity index (χ0n) is 8.95. The van der Waals surface area contributed by atoms with Gasteiger partial charge in [0.25, 0.3) is 5.91 Å². The van der Waals surface area contributed by atoms with Crippen LogP contribution in [0.25, 0.3) is 0 Å². The van der Waals surface area contributed by atoms with Crippen molar-refractivity contribution in [3.8, 4) is 0 Å². The van der Waals surface area contributed by atoms with Gasteiger partial charge in [0.2, 0.25) is 0 Å². The van der Waals surface area contributed by atoms with Crippen molar-refractivity contribution >= 4 is 11.9 Å². The van der Waals surface area contributed by atoms with Crippen LogP contribution in [0.4, 0.5) is 4.39 Å². The molecule has 0 aliphatic rings. The van der Waals surface area contributed by atoms with Crippen LogP contribution in [-0.2, 0) is 0 Å². The lowest BCUT2D eigenvalue weighted by molar-refractivity contribution is 0.0685. The highest BCUT2D eigenvalue weighted by molar-refractivity contribution is 6.05. The highest BCUT2D eigenvalue weighted by Crippen LogP contribution is 2.13. The molecule has 0 aliphatic carbocycles. The van der Waals surface area contributed by atoms with Gasteiger partial charge in [-0.1, -0.05) is 6.07 Å². The van der Waals surface area contributed by atoms with E-state index in [4.69, 9.17) is 5.11 Å². The maximum Gasteiger partial charge on any atom is 0.339 e. The van der Waals surface area contributed by atoms with Crippen LogP contribution in [0.1, 0.15) is 34.6 Å². The molecule has 0 fully saturated rings. The van der Waals surface area contributed by atoms with E-state index in [2.05, 4.69) is 5.32 Å². The van der Waals surface area contributed by atoms with E-state index >= 15 is 0 Å². The van der Waals surface area contributed by atoms with Crippen LogP contribution in [0, 0.1) is 5.82 Å². The van der Waals surface area contributed by atoms with Gasteiger partial charge in [-0.3, -0.25) is 4.79 Å². The average Bonchev–Trinajstić information content (AvgIpc) is 2.15. The van der Waals surface area contributed by atoms with Gasteiger partial charge in [0.15, 0.2) is 0 Å². The summed E-state index contributed by atoms with van der Waals surface area (Å²) in [7, 11) is 0. The number of benzene rings is 1. The van der Waals surface area contributed by atoms with Gasteiger partial charge in [-0.2, -0.15) is 0 Å². The highest BCUT2D eigenvalue weighted by atomic mass is 19.1. The van der Waals surface area contributed by atoms with Crippen molar-refractivity contribution < 1.29 is 19.1 Å². The van der Waals surface area contributed by atoms with Crippen LogP contribution in [-0.4, -0.2) is 23.0 Å². The maximum absolute atomic E-state index is 13.2. The van der Waals surface area contributed by atoms with Crippen molar-refractivity contribution in [2.45, 2.75) is 19.9 Å². The Labute approximate surface area is 92.1 Å². The molecule has 1 aromatic rings. The molecule has 86 valence electrons. The Bertz CT molecular complexity index is 429. The minimum Gasteiger partial charge on any atom is -0.478 e. The minimum atomic E-state index is -1.45. The van der Waals surface area contributed by atoms with Crippen molar-refractivity contribution in [1.82, 2.24) is 5.32 Å². The van der Waals surface area contributed by atoms with Crippen LogP contribution >= 0.6 is 0 Å². The number of rotatable bonds is 3. The van der Waals surface area contributed by atoms with E-state index in [-0.39, 0.29) is 11.6 Å². The van der Waals surface area contributed by atoms with Gasteiger partial charge in [0.1, 0.15) is 11.4 Å². The molecule has 0 aromatic heterocycles. The summed E-state index contributed by atoms with van der Waals surface area (Å²) in [6, 6.07) is 3.45. The maximum atomic E-state index is 13.2. The zero-order chi connectivity index (χ0) is 12.3. The molecular formula is C11H12FNO3. The SMILES string of the molecule is CC(C)NC(=O)c1cccc(F)c1C(=O)O. The highest BCUT2D eigenvalue weighted by Gasteiger charge is 2.20. The van der Waals surface area contributed by atoms with Crippen molar-refractivity contribution in [3.05, 3.63) is 35.1 Å². The third-order valence-corrected chi connectivity index (χ3v) is 1.89. The summed E-state index contributed by atoms with van der Waals surface area (Å²) < 4.78 is 13.2. The van der Waals surface area contributed by atoms with Crippen molar-refractivity contribution in [2.24, 2.45) is 0 Å². The molecule has 1 amide bonds. The van der Waals surface area contributed by atoms with E-state index in [0.717, 1.165) is 6.07 Å². The first-order chi connectivity index (χ1) is 7.43. The summed E-state index contributed by atoms with van der Waals surface area (Å²) in [5, 5.41) is 11.3. The van der Waals surface area contributed by atoms with Crippen molar-refractivity contribution in [3.63, 3.8) is 0 Å². The van der Waals surface area contributed by atoms with E-state index in [0.29, 0.717) is 0 Å². The van der Waals surface area contributed by atoms with E-state index < -0.39 is 23.3 Å². The number of amides is 1. The van der Waals surface area contributed by atoms with Crippen molar-refractivity contribution in [2.75, 3.05) is 0 Å². The monoisotopic (exact) mass is 225 g/mol. The molecule has 16 heavy (non-hydrogen) atoms. The van der Waals surface area contributed by atoms with Gasteiger partial charge in [-0.25, -0.2) is 9.18 Å². The number of carboxylic acids is 1. The largest absolute Gasteiger partial charge is 0.478 e. The Morgan fingerprint density at radius 1 is 1.38 bits per heavy atom. The second-order valence-electron chi connectivity index (χ2n) is 3.60. The fraction of sp³-hybridized carbons (Fsp3) is 0.273. The number of hydrogen-bond donors (Lipinski definition) is 2. The quantitative estimate of drug-likeness (QED) is 0.822. The second-order valence-corrected chi connectivity index (χ2v) is 3.60. The molecule has 0 radical (unpaired) electrons. The van der Waals surface area contributed by atoms with Gasteiger partial charge in [-0.15, -0.1) is 0 Å². The van der Waals surface area contributed by atoms with Crippen LogP contribution in [0.3, 0.4) is 0 Å². The zero-order valence-corrected chi connectivity index (χ0v) is 8.95. The molecule has 1 aromatic carbocycles. The Kier molecular flexibility index (Phi) is 3.60. The topological polar surface area (TPSA) is 66.4 Å². The molecule has 5 heteroatoms. The predicted molar refractivity (Wildman–Crippen MR) is 56.0 cm³/mol. The van der Waals surface area contributed by atoms with E-state index in [1.165, 1.54) is 12.1 Å². The first-order valence-corrected chi connectivity index (χ1v) is 4.76. The second kappa shape index (κ2) is 4.74. The number of carboxylic acid groups (broad SMARTS) is 1. The molecule has 0 atom stereocenters. The van der Waals surface area contributed by atoms with E-state index in [9.17, 15) is 14.0 Å². The molecule has 0 saturated carbocycles. The van der Waals surface area contributed by atoms with Gasteiger partial charge in [0, 0.05) is 6.04 Å². The molecule has 2 N–H and O–H groups in total. The van der Waals surface area contributed by atoms with Gasteiger partial charge in [0.05, 0.1) is 5.56 Å². The molecule has 1 rings (SSSR count). The Morgan fingerprint density at radius 3 is 2.50 bits per heavy atom. The normalized spacial score (nSPS) is 10.2. The summed E-state index contributed by atoms with van der Waals surface area (Å²) >= 11 is 0. The molecule has 0 unspecified atom stereocenters. The lowest BCUT2D eigenvalue weighted by atomic mass is 10.1. The standard InChI is InChI=1S/C11H12FNO3/c1-6(2)13-10(14)7-4-3-5-8(12)9(7)11(15)16/h3-6H,1-2H3,(H,13,14)(H,15,16). The summed E-state index contributed by atoms with van der Waals surface area (Å²) in [6.07, 6.45) is 0. The number of nitrogens with one attached hydrogen (secondary N) is 1. The number of halogens is 1. The van der Waals surface area contributed by atoms with Crippen molar-refractivity contribution in [1.29, 1.82) is 0 Å². The summed E-state index contributed by atoms with van der Waals surface area (Å²) in [5.74, 6) is -2.96. The first kappa shape index (κ1) is 12.2.